The van der Waals surface area contributed by atoms with Crippen molar-refractivity contribution in [2.45, 2.75) is 25.9 Å². The summed E-state index contributed by atoms with van der Waals surface area (Å²) in [5.74, 6) is 0. The van der Waals surface area contributed by atoms with Crippen LogP contribution in [-0.4, -0.2) is 13.1 Å². The third-order valence-electron chi connectivity index (χ3n) is 5.09. The zero-order chi connectivity index (χ0) is 23.8. The van der Waals surface area contributed by atoms with E-state index < -0.39 is 11.7 Å². The maximum atomic E-state index is 13.0. The molecular formula is C26H27ClF3N3. The second-order valence-electron chi connectivity index (χ2n) is 7.63. The minimum absolute atomic E-state index is 0.374. The van der Waals surface area contributed by atoms with E-state index in [0.717, 1.165) is 55.0 Å². The van der Waals surface area contributed by atoms with Crippen LogP contribution in [0, 0.1) is 0 Å². The van der Waals surface area contributed by atoms with Gasteiger partial charge in [-0.3, -0.25) is 0 Å². The number of aryl methyl sites for hydroxylation is 1. The number of rotatable bonds is 10. The topological polar surface area (TPSA) is 36.1 Å². The Bertz CT molecular complexity index is 1100. The number of hydrogen-bond donors (Lipinski definition) is 3. The molecule has 0 bridgehead atoms. The van der Waals surface area contributed by atoms with Crippen LogP contribution in [0.1, 0.15) is 30.0 Å². The lowest BCUT2D eigenvalue weighted by Crippen LogP contribution is -2.14. The first-order valence-corrected chi connectivity index (χ1v) is 11.1. The van der Waals surface area contributed by atoms with Crippen LogP contribution in [0.3, 0.4) is 0 Å². The summed E-state index contributed by atoms with van der Waals surface area (Å²) in [5, 5.41) is 10.4. The van der Waals surface area contributed by atoms with Gasteiger partial charge in [0.1, 0.15) is 0 Å². The van der Waals surface area contributed by atoms with Gasteiger partial charge in [-0.2, -0.15) is 13.2 Å². The van der Waals surface area contributed by atoms with Crippen molar-refractivity contribution in [1.29, 1.82) is 0 Å². The number of anilines is 3. The lowest BCUT2D eigenvalue weighted by Gasteiger charge is -2.14. The van der Waals surface area contributed by atoms with E-state index in [4.69, 9.17) is 11.6 Å². The fraction of sp³-hybridized carbons (Fsp3) is 0.231. The maximum absolute atomic E-state index is 13.0. The van der Waals surface area contributed by atoms with Gasteiger partial charge in [0.2, 0.25) is 0 Å². The number of benzene rings is 3. The molecule has 0 heterocycles. The Morgan fingerprint density at radius 2 is 1.70 bits per heavy atom. The fourth-order valence-corrected chi connectivity index (χ4v) is 3.67. The molecule has 3 nitrogen and oxygen atoms in total. The standard InChI is InChI=1S/C26H27ClF3N3/c1-3-31-25-13-12-22(27)15-20(25)8-6-14-32-18(2)19-7-4-10-23(16-19)33-24-11-5-9-21(17-24)26(28,29)30/h4-5,7,9-13,15-17,31-33H,2-3,6,8,14H2,1H3. The molecule has 0 aromatic heterocycles. The summed E-state index contributed by atoms with van der Waals surface area (Å²) in [6, 6.07) is 18.4. The summed E-state index contributed by atoms with van der Waals surface area (Å²) >= 11 is 6.14. The zero-order valence-corrected chi connectivity index (χ0v) is 19.2. The molecule has 7 heteroatoms. The Kier molecular flexibility index (Phi) is 8.28. The average molecular weight is 474 g/mol. The van der Waals surface area contributed by atoms with Gasteiger partial charge in [0.15, 0.2) is 0 Å². The van der Waals surface area contributed by atoms with Crippen LogP contribution in [0.25, 0.3) is 5.70 Å². The molecule has 3 aromatic carbocycles. The molecule has 0 fully saturated rings. The van der Waals surface area contributed by atoms with Crippen molar-refractivity contribution in [1.82, 2.24) is 5.32 Å². The van der Waals surface area contributed by atoms with Crippen LogP contribution in [0.15, 0.2) is 73.3 Å². The van der Waals surface area contributed by atoms with Gasteiger partial charge < -0.3 is 16.0 Å². The summed E-state index contributed by atoms with van der Waals surface area (Å²) in [4.78, 5) is 0. The molecule has 3 N–H and O–H groups in total. The predicted octanol–water partition coefficient (Wildman–Crippen LogP) is 7.73. The first-order chi connectivity index (χ1) is 15.8. The monoisotopic (exact) mass is 473 g/mol. The Morgan fingerprint density at radius 3 is 2.42 bits per heavy atom. The Balaban J connectivity index is 1.57. The van der Waals surface area contributed by atoms with Gasteiger partial charge in [0.05, 0.1) is 5.56 Å². The highest BCUT2D eigenvalue weighted by Gasteiger charge is 2.30. The Hall–Kier alpha value is -3.12. The van der Waals surface area contributed by atoms with E-state index in [1.54, 1.807) is 12.1 Å². The molecule has 0 saturated carbocycles. The lowest BCUT2D eigenvalue weighted by atomic mass is 10.1. The third-order valence-corrected chi connectivity index (χ3v) is 5.32. The molecular weight excluding hydrogens is 447 g/mol. The zero-order valence-electron chi connectivity index (χ0n) is 18.4. The first kappa shape index (κ1) is 24.5. The van der Waals surface area contributed by atoms with E-state index in [-0.39, 0.29) is 0 Å². The van der Waals surface area contributed by atoms with E-state index >= 15 is 0 Å². The van der Waals surface area contributed by atoms with Crippen LogP contribution < -0.4 is 16.0 Å². The quantitative estimate of drug-likeness (QED) is 0.264. The highest BCUT2D eigenvalue weighted by molar-refractivity contribution is 6.30. The van der Waals surface area contributed by atoms with Gasteiger partial charge in [-0.05, 0) is 79.4 Å². The van der Waals surface area contributed by atoms with Crippen molar-refractivity contribution in [3.63, 3.8) is 0 Å². The van der Waals surface area contributed by atoms with Crippen LogP contribution in [0.5, 0.6) is 0 Å². The molecule has 33 heavy (non-hydrogen) atoms. The van der Waals surface area contributed by atoms with E-state index in [0.29, 0.717) is 16.4 Å². The van der Waals surface area contributed by atoms with Gasteiger partial charge >= 0.3 is 6.18 Å². The third kappa shape index (κ3) is 7.19. The maximum Gasteiger partial charge on any atom is 0.416 e. The average Bonchev–Trinajstić information content (AvgIpc) is 2.78. The molecule has 0 saturated heterocycles. The molecule has 0 aliphatic rings. The smallest absolute Gasteiger partial charge is 0.385 e. The lowest BCUT2D eigenvalue weighted by molar-refractivity contribution is -0.137. The van der Waals surface area contributed by atoms with E-state index in [1.807, 2.05) is 36.4 Å². The molecule has 0 amide bonds. The van der Waals surface area contributed by atoms with Crippen molar-refractivity contribution in [3.05, 3.63) is 95.0 Å². The highest BCUT2D eigenvalue weighted by atomic mass is 35.5. The molecule has 0 aliphatic carbocycles. The number of alkyl halides is 3. The Morgan fingerprint density at radius 1 is 0.970 bits per heavy atom. The Labute approximate surface area is 197 Å². The minimum Gasteiger partial charge on any atom is -0.385 e. The summed E-state index contributed by atoms with van der Waals surface area (Å²) in [6.45, 7) is 7.73. The molecule has 0 unspecified atom stereocenters. The van der Waals surface area contributed by atoms with Crippen molar-refractivity contribution >= 4 is 34.4 Å². The minimum atomic E-state index is -4.38. The van der Waals surface area contributed by atoms with Gasteiger partial charge in [0.25, 0.3) is 0 Å². The van der Waals surface area contributed by atoms with Crippen molar-refractivity contribution < 1.29 is 13.2 Å². The first-order valence-electron chi connectivity index (χ1n) is 10.8. The van der Waals surface area contributed by atoms with Gasteiger partial charge in [-0.15, -0.1) is 0 Å². The summed E-state index contributed by atoms with van der Waals surface area (Å²) < 4.78 is 38.9. The second kappa shape index (κ2) is 11.1. The summed E-state index contributed by atoms with van der Waals surface area (Å²) in [5.41, 5.74) is 4.25. The number of halogens is 4. The number of nitrogens with one attached hydrogen (secondary N) is 3. The van der Waals surface area contributed by atoms with Gasteiger partial charge in [-0.1, -0.05) is 36.4 Å². The van der Waals surface area contributed by atoms with Crippen molar-refractivity contribution in [2.24, 2.45) is 0 Å². The van der Waals surface area contributed by atoms with E-state index in [1.165, 1.54) is 11.6 Å². The van der Waals surface area contributed by atoms with Crippen LogP contribution >= 0.6 is 11.6 Å². The number of hydrogen-bond acceptors (Lipinski definition) is 3. The predicted molar refractivity (Wildman–Crippen MR) is 132 cm³/mol. The molecule has 0 aliphatic heterocycles. The molecule has 0 spiro atoms. The summed E-state index contributed by atoms with van der Waals surface area (Å²) in [6.07, 6.45) is -2.63. The molecule has 3 rings (SSSR count). The molecule has 0 atom stereocenters. The van der Waals surface area contributed by atoms with Gasteiger partial charge in [-0.25, -0.2) is 0 Å². The second-order valence-corrected chi connectivity index (χ2v) is 8.06. The van der Waals surface area contributed by atoms with Crippen molar-refractivity contribution in [2.75, 3.05) is 23.7 Å². The van der Waals surface area contributed by atoms with E-state index in [9.17, 15) is 13.2 Å². The molecule has 174 valence electrons. The van der Waals surface area contributed by atoms with Gasteiger partial charge in [0, 0.05) is 40.9 Å². The fourth-order valence-electron chi connectivity index (χ4n) is 3.48. The highest BCUT2D eigenvalue weighted by Crippen LogP contribution is 2.31. The molecule has 0 radical (unpaired) electrons. The van der Waals surface area contributed by atoms with Crippen LogP contribution in [0.2, 0.25) is 5.02 Å². The molecule has 3 aromatic rings. The van der Waals surface area contributed by atoms with Crippen LogP contribution in [-0.2, 0) is 12.6 Å². The summed E-state index contributed by atoms with van der Waals surface area (Å²) in [7, 11) is 0. The van der Waals surface area contributed by atoms with E-state index in [2.05, 4.69) is 29.5 Å². The normalized spacial score (nSPS) is 11.2. The largest absolute Gasteiger partial charge is 0.416 e. The van der Waals surface area contributed by atoms with Crippen molar-refractivity contribution in [3.8, 4) is 0 Å². The van der Waals surface area contributed by atoms with Crippen LogP contribution in [0.4, 0.5) is 30.2 Å². The SMILES string of the molecule is C=C(NCCCc1cc(Cl)ccc1NCC)c1cccc(Nc2cccc(C(F)(F)F)c2)c1.